The number of aromatic amines is 1. The number of aryl methyl sites for hydroxylation is 1. The first-order valence-electron chi connectivity index (χ1n) is 8.34. The van der Waals surface area contributed by atoms with Crippen LogP contribution >= 0.6 is 0 Å². The van der Waals surface area contributed by atoms with E-state index in [9.17, 15) is 0 Å². The fourth-order valence-electron chi connectivity index (χ4n) is 3.10. The number of likely N-dealkylation sites (tertiary alicyclic amines) is 1. The van der Waals surface area contributed by atoms with Crippen molar-refractivity contribution in [3.05, 3.63) is 29.2 Å². The van der Waals surface area contributed by atoms with Crippen LogP contribution in [-0.2, 0) is 11.3 Å². The first-order chi connectivity index (χ1) is 11.2. The summed E-state index contributed by atoms with van der Waals surface area (Å²) < 4.78 is 10.9. The van der Waals surface area contributed by atoms with Crippen LogP contribution in [0.15, 0.2) is 10.6 Å². The van der Waals surface area contributed by atoms with Crippen molar-refractivity contribution in [3.8, 4) is 0 Å². The van der Waals surface area contributed by atoms with E-state index in [0.717, 1.165) is 30.9 Å². The van der Waals surface area contributed by atoms with Gasteiger partial charge in [0.1, 0.15) is 6.10 Å². The van der Waals surface area contributed by atoms with Crippen molar-refractivity contribution in [3.63, 3.8) is 0 Å². The minimum atomic E-state index is -0.126. The van der Waals surface area contributed by atoms with E-state index in [4.69, 9.17) is 9.26 Å². The molecule has 3 rings (SSSR count). The number of rotatable bonds is 6. The Balaban J connectivity index is 1.59. The first-order valence-corrected chi connectivity index (χ1v) is 8.34. The van der Waals surface area contributed by atoms with Gasteiger partial charge in [-0.3, -0.25) is 10.00 Å². The highest BCUT2D eigenvalue weighted by atomic mass is 16.5. The van der Waals surface area contributed by atoms with Crippen LogP contribution in [0.3, 0.4) is 0 Å². The van der Waals surface area contributed by atoms with Gasteiger partial charge in [0.05, 0.1) is 12.2 Å². The molecule has 7 heteroatoms. The first kappa shape index (κ1) is 16.1. The Labute approximate surface area is 136 Å². The number of nitrogens with one attached hydrogen (secondary N) is 1. The van der Waals surface area contributed by atoms with Crippen LogP contribution < -0.4 is 0 Å². The molecule has 23 heavy (non-hydrogen) atoms. The molecule has 0 unspecified atom stereocenters. The lowest BCUT2D eigenvalue weighted by Gasteiger charge is -2.30. The molecule has 0 spiro atoms. The van der Waals surface area contributed by atoms with Gasteiger partial charge in [-0.15, -0.1) is 0 Å². The van der Waals surface area contributed by atoms with E-state index >= 15 is 0 Å². The van der Waals surface area contributed by atoms with Gasteiger partial charge in [0.15, 0.2) is 5.82 Å². The van der Waals surface area contributed by atoms with E-state index in [1.54, 1.807) is 0 Å². The van der Waals surface area contributed by atoms with Gasteiger partial charge in [-0.05, 0) is 46.2 Å². The maximum atomic E-state index is 5.50. The van der Waals surface area contributed by atoms with Crippen molar-refractivity contribution in [2.24, 2.45) is 0 Å². The van der Waals surface area contributed by atoms with Gasteiger partial charge in [0.25, 0.3) is 0 Å². The molecular formula is C16H25N5O2. The van der Waals surface area contributed by atoms with E-state index in [1.807, 2.05) is 20.8 Å². The number of hydrogen-bond acceptors (Lipinski definition) is 6. The summed E-state index contributed by atoms with van der Waals surface area (Å²) in [4.78, 5) is 6.82. The van der Waals surface area contributed by atoms with Crippen LogP contribution in [0.4, 0.5) is 0 Å². The zero-order chi connectivity index (χ0) is 16.2. The molecule has 0 aromatic carbocycles. The quantitative estimate of drug-likeness (QED) is 0.881. The van der Waals surface area contributed by atoms with Gasteiger partial charge < -0.3 is 9.26 Å². The molecular weight excluding hydrogens is 294 g/mol. The standard InChI is InChI=1S/C16H25N5O2/c1-4-22-12(3)16-17-15(23-20-16)10-21-7-5-6-13(9-21)14-8-11(2)18-19-14/h8,12-13H,4-7,9-10H2,1-3H3,(H,18,19)/t12-,13+/m0/s1. The molecule has 1 N–H and O–H groups in total. The molecule has 2 atom stereocenters. The lowest BCUT2D eigenvalue weighted by molar-refractivity contribution is 0.0683. The molecule has 0 saturated carbocycles. The second-order valence-electron chi connectivity index (χ2n) is 6.19. The van der Waals surface area contributed by atoms with Crippen LogP contribution in [0, 0.1) is 6.92 Å². The Morgan fingerprint density at radius 2 is 2.39 bits per heavy atom. The second-order valence-corrected chi connectivity index (χ2v) is 6.19. The van der Waals surface area contributed by atoms with Gasteiger partial charge in [0.2, 0.25) is 5.89 Å². The van der Waals surface area contributed by atoms with E-state index in [-0.39, 0.29) is 6.10 Å². The highest BCUT2D eigenvalue weighted by Gasteiger charge is 2.25. The summed E-state index contributed by atoms with van der Waals surface area (Å²) in [5, 5.41) is 11.5. The minimum absolute atomic E-state index is 0.126. The molecule has 1 aliphatic heterocycles. The van der Waals surface area contributed by atoms with Crippen molar-refractivity contribution in [1.29, 1.82) is 0 Å². The zero-order valence-electron chi connectivity index (χ0n) is 14.1. The third-order valence-electron chi connectivity index (χ3n) is 4.27. The van der Waals surface area contributed by atoms with Gasteiger partial charge in [-0.2, -0.15) is 10.1 Å². The SMILES string of the molecule is CCO[C@@H](C)c1noc(CN2CCC[C@@H](c3cc(C)[nH]n3)C2)n1. The smallest absolute Gasteiger partial charge is 0.240 e. The van der Waals surface area contributed by atoms with Crippen molar-refractivity contribution in [2.45, 2.75) is 52.2 Å². The second kappa shape index (κ2) is 7.23. The zero-order valence-corrected chi connectivity index (χ0v) is 14.1. The Bertz CT molecular complexity index is 624. The Hall–Kier alpha value is -1.73. The number of H-pyrrole nitrogens is 1. The topological polar surface area (TPSA) is 80.1 Å². The number of hydrogen-bond donors (Lipinski definition) is 1. The fraction of sp³-hybridized carbons (Fsp3) is 0.688. The predicted molar refractivity (Wildman–Crippen MR) is 84.9 cm³/mol. The number of piperidine rings is 1. The van der Waals surface area contributed by atoms with Crippen LogP contribution in [0.1, 0.15) is 61.8 Å². The normalized spacial score (nSPS) is 20.7. The van der Waals surface area contributed by atoms with Crippen molar-refractivity contribution in [1.82, 2.24) is 25.2 Å². The number of aromatic nitrogens is 4. The molecule has 0 radical (unpaired) electrons. The average molecular weight is 319 g/mol. The van der Waals surface area contributed by atoms with E-state index in [2.05, 4.69) is 31.3 Å². The highest BCUT2D eigenvalue weighted by Crippen LogP contribution is 2.26. The molecule has 0 aliphatic carbocycles. The Morgan fingerprint density at radius 1 is 1.52 bits per heavy atom. The van der Waals surface area contributed by atoms with Crippen LogP contribution in [-0.4, -0.2) is 44.9 Å². The lowest BCUT2D eigenvalue weighted by Crippen LogP contribution is -2.34. The largest absolute Gasteiger partial charge is 0.371 e. The van der Waals surface area contributed by atoms with Crippen LogP contribution in [0.25, 0.3) is 0 Å². The third-order valence-corrected chi connectivity index (χ3v) is 4.27. The summed E-state index contributed by atoms with van der Waals surface area (Å²) in [5.41, 5.74) is 2.27. The number of ether oxygens (including phenoxy) is 1. The summed E-state index contributed by atoms with van der Waals surface area (Å²) in [6.07, 6.45) is 2.21. The summed E-state index contributed by atoms with van der Waals surface area (Å²) in [6, 6.07) is 2.14. The highest BCUT2D eigenvalue weighted by molar-refractivity contribution is 5.13. The molecule has 1 saturated heterocycles. The minimum Gasteiger partial charge on any atom is -0.371 e. The van der Waals surface area contributed by atoms with Crippen LogP contribution in [0.5, 0.6) is 0 Å². The summed E-state index contributed by atoms with van der Waals surface area (Å²) in [5.74, 6) is 1.75. The average Bonchev–Trinajstić information content (AvgIpc) is 3.17. The Kier molecular flexibility index (Phi) is 5.07. The molecule has 7 nitrogen and oxygen atoms in total. The fourth-order valence-corrected chi connectivity index (χ4v) is 3.10. The van der Waals surface area contributed by atoms with Gasteiger partial charge >= 0.3 is 0 Å². The maximum Gasteiger partial charge on any atom is 0.240 e. The molecule has 0 amide bonds. The Morgan fingerprint density at radius 3 is 3.13 bits per heavy atom. The van der Waals surface area contributed by atoms with Gasteiger partial charge in [-0.25, -0.2) is 0 Å². The van der Waals surface area contributed by atoms with Gasteiger partial charge in [-0.1, -0.05) is 5.16 Å². The van der Waals surface area contributed by atoms with Crippen molar-refractivity contribution in [2.75, 3.05) is 19.7 Å². The maximum absolute atomic E-state index is 5.50. The lowest BCUT2D eigenvalue weighted by atomic mass is 9.95. The predicted octanol–water partition coefficient (Wildman–Crippen LogP) is 2.58. The summed E-state index contributed by atoms with van der Waals surface area (Å²) in [6.45, 7) is 9.29. The summed E-state index contributed by atoms with van der Waals surface area (Å²) >= 11 is 0. The molecule has 2 aromatic rings. The summed E-state index contributed by atoms with van der Waals surface area (Å²) in [7, 11) is 0. The van der Waals surface area contributed by atoms with Crippen LogP contribution in [0.2, 0.25) is 0 Å². The molecule has 126 valence electrons. The molecule has 3 heterocycles. The van der Waals surface area contributed by atoms with Crippen molar-refractivity contribution >= 4 is 0 Å². The molecule has 1 fully saturated rings. The van der Waals surface area contributed by atoms with E-state index in [0.29, 0.717) is 30.8 Å². The van der Waals surface area contributed by atoms with Gasteiger partial charge in [0, 0.05) is 24.8 Å². The van der Waals surface area contributed by atoms with E-state index < -0.39 is 0 Å². The van der Waals surface area contributed by atoms with E-state index in [1.165, 1.54) is 6.42 Å². The molecule has 1 aliphatic rings. The third kappa shape index (κ3) is 3.97. The monoisotopic (exact) mass is 319 g/mol. The van der Waals surface area contributed by atoms with Crippen molar-refractivity contribution < 1.29 is 9.26 Å². The molecule has 0 bridgehead atoms. The molecule has 2 aromatic heterocycles. The number of nitrogens with zero attached hydrogens (tertiary/aromatic N) is 4.